The topological polar surface area (TPSA) is 79.6 Å². The van der Waals surface area contributed by atoms with E-state index in [1.807, 2.05) is 0 Å². The van der Waals surface area contributed by atoms with E-state index in [-0.39, 0.29) is 16.4 Å². The quantitative estimate of drug-likeness (QED) is 0.433. The maximum Gasteiger partial charge on any atom is 0.417 e. The summed E-state index contributed by atoms with van der Waals surface area (Å²) in [6.07, 6.45) is -1.85. The fourth-order valence-electron chi connectivity index (χ4n) is 5.18. The molecular formula is C25H24F4N4O2S. The number of aliphatic hydroxyl groups excluding tert-OH is 1. The highest BCUT2D eigenvalue weighted by atomic mass is 32.1. The van der Waals surface area contributed by atoms with E-state index in [4.69, 9.17) is 17.5 Å². The summed E-state index contributed by atoms with van der Waals surface area (Å²) in [6, 6.07) is 8.70. The van der Waals surface area contributed by atoms with E-state index in [0.717, 1.165) is 43.9 Å². The summed E-state index contributed by atoms with van der Waals surface area (Å²) in [5.74, 6) is -1.39. The number of nitriles is 1. The molecule has 1 saturated carbocycles. The number of thiocarbonyl (C=S) groups is 1. The van der Waals surface area contributed by atoms with Gasteiger partial charge in [-0.25, -0.2) is 4.39 Å². The molecule has 1 amide bonds. The van der Waals surface area contributed by atoms with Crippen molar-refractivity contribution in [2.24, 2.45) is 0 Å². The van der Waals surface area contributed by atoms with Gasteiger partial charge in [0.1, 0.15) is 5.82 Å². The first-order valence-electron chi connectivity index (χ1n) is 11.5. The predicted octanol–water partition coefficient (Wildman–Crippen LogP) is 5.10. The van der Waals surface area contributed by atoms with Gasteiger partial charge in [-0.1, -0.05) is 25.7 Å². The molecule has 2 aliphatic rings. The van der Waals surface area contributed by atoms with Crippen LogP contribution in [0, 0.1) is 17.1 Å². The van der Waals surface area contributed by atoms with Crippen LogP contribution in [0.2, 0.25) is 0 Å². The van der Waals surface area contributed by atoms with Crippen molar-refractivity contribution >= 4 is 34.6 Å². The average Bonchev–Trinajstić information content (AvgIpc) is 2.99. The average molecular weight is 521 g/mol. The minimum atomic E-state index is -4.79. The number of benzene rings is 2. The second-order valence-corrected chi connectivity index (χ2v) is 9.33. The fraction of sp³-hybridized carbons (Fsp3) is 0.400. The highest BCUT2D eigenvalue weighted by molar-refractivity contribution is 7.80. The third kappa shape index (κ3) is 4.29. The van der Waals surface area contributed by atoms with Crippen LogP contribution in [0.25, 0.3) is 0 Å². The van der Waals surface area contributed by atoms with Gasteiger partial charge in [-0.15, -0.1) is 0 Å². The minimum absolute atomic E-state index is 0.00863. The van der Waals surface area contributed by atoms with E-state index in [1.165, 1.54) is 30.1 Å². The number of anilines is 2. The molecule has 1 saturated heterocycles. The third-order valence-corrected chi connectivity index (χ3v) is 7.31. The van der Waals surface area contributed by atoms with Gasteiger partial charge in [-0.3, -0.25) is 9.69 Å². The molecule has 2 aromatic rings. The standard InChI is InChI=1S/C25H24F4N4O2S/c1-31-21(34)18-9-8-17(13-20(18)26)33-23(36)32(22(35)24(33)10-4-2-3-5-11-24)16-7-6-15(14-30)19(12-16)25(27,28)29/h6-9,12-13,22,35H,2-5,10-11H2,1H3,(H,31,34). The Morgan fingerprint density at radius 2 is 1.78 bits per heavy atom. The smallest absolute Gasteiger partial charge is 0.371 e. The number of alkyl halides is 3. The van der Waals surface area contributed by atoms with Gasteiger partial charge in [-0.2, -0.15) is 18.4 Å². The van der Waals surface area contributed by atoms with Gasteiger partial charge in [0.05, 0.1) is 28.3 Å². The van der Waals surface area contributed by atoms with Crippen molar-refractivity contribution in [1.82, 2.24) is 5.32 Å². The molecule has 36 heavy (non-hydrogen) atoms. The van der Waals surface area contributed by atoms with E-state index in [1.54, 1.807) is 11.0 Å². The van der Waals surface area contributed by atoms with Crippen molar-refractivity contribution in [2.75, 3.05) is 16.8 Å². The Morgan fingerprint density at radius 3 is 2.33 bits per heavy atom. The lowest BCUT2D eigenvalue weighted by molar-refractivity contribution is -0.137. The second kappa shape index (κ2) is 9.67. The summed E-state index contributed by atoms with van der Waals surface area (Å²) >= 11 is 5.69. The number of amides is 1. The molecule has 1 unspecified atom stereocenters. The Morgan fingerprint density at radius 1 is 1.14 bits per heavy atom. The Bertz CT molecular complexity index is 1240. The SMILES string of the molecule is CNC(=O)c1ccc(N2C(=S)N(c3ccc(C#N)c(C(F)(F)F)c3)C(O)C23CCCCCC3)cc1F. The van der Waals surface area contributed by atoms with Crippen LogP contribution in [-0.2, 0) is 6.18 Å². The van der Waals surface area contributed by atoms with E-state index in [0.29, 0.717) is 18.5 Å². The van der Waals surface area contributed by atoms with Crippen molar-refractivity contribution < 1.29 is 27.5 Å². The van der Waals surface area contributed by atoms with Gasteiger partial charge < -0.3 is 15.3 Å². The van der Waals surface area contributed by atoms with Crippen LogP contribution in [0.1, 0.15) is 60.0 Å². The number of carbonyl (C=O) groups is 1. The van der Waals surface area contributed by atoms with Crippen LogP contribution in [0.5, 0.6) is 0 Å². The van der Waals surface area contributed by atoms with Crippen molar-refractivity contribution in [3.63, 3.8) is 0 Å². The Labute approximate surface area is 211 Å². The number of hydrogen-bond acceptors (Lipinski definition) is 4. The van der Waals surface area contributed by atoms with E-state index in [2.05, 4.69) is 5.32 Å². The van der Waals surface area contributed by atoms with E-state index >= 15 is 0 Å². The lowest BCUT2D eigenvalue weighted by Crippen LogP contribution is -2.52. The molecule has 0 bridgehead atoms. The summed E-state index contributed by atoms with van der Waals surface area (Å²) < 4.78 is 55.9. The zero-order valence-electron chi connectivity index (χ0n) is 19.4. The van der Waals surface area contributed by atoms with Crippen molar-refractivity contribution in [3.05, 3.63) is 58.9 Å². The van der Waals surface area contributed by atoms with Crippen LogP contribution in [0.3, 0.4) is 0 Å². The summed E-state index contributed by atoms with van der Waals surface area (Å²) in [5, 5.41) is 23.1. The molecule has 0 radical (unpaired) electrons. The highest BCUT2D eigenvalue weighted by Crippen LogP contribution is 2.47. The predicted molar refractivity (Wildman–Crippen MR) is 130 cm³/mol. The summed E-state index contributed by atoms with van der Waals surface area (Å²) in [5.41, 5.74) is -2.59. The van der Waals surface area contributed by atoms with Gasteiger partial charge in [0, 0.05) is 18.4 Å². The van der Waals surface area contributed by atoms with Crippen LogP contribution < -0.4 is 15.1 Å². The monoisotopic (exact) mass is 520 g/mol. The molecule has 1 heterocycles. The van der Waals surface area contributed by atoms with Gasteiger partial charge >= 0.3 is 6.18 Å². The largest absolute Gasteiger partial charge is 0.417 e. The van der Waals surface area contributed by atoms with Crippen molar-refractivity contribution in [3.8, 4) is 6.07 Å². The minimum Gasteiger partial charge on any atom is -0.371 e. The highest BCUT2D eigenvalue weighted by Gasteiger charge is 2.55. The maximum absolute atomic E-state index is 14.9. The molecule has 2 fully saturated rings. The first kappa shape index (κ1) is 25.9. The van der Waals surface area contributed by atoms with Crippen molar-refractivity contribution in [1.29, 1.82) is 5.26 Å². The second-order valence-electron chi connectivity index (χ2n) is 8.96. The summed E-state index contributed by atoms with van der Waals surface area (Å²) in [7, 11) is 1.38. The Kier molecular flexibility index (Phi) is 6.94. The number of carbonyl (C=O) groups excluding carboxylic acids is 1. The Hall–Kier alpha value is -3.23. The maximum atomic E-state index is 14.9. The zero-order valence-corrected chi connectivity index (χ0v) is 20.2. The number of hydrogen-bond donors (Lipinski definition) is 2. The van der Waals surface area contributed by atoms with E-state index < -0.39 is 40.8 Å². The summed E-state index contributed by atoms with van der Waals surface area (Å²) in [4.78, 5) is 14.8. The zero-order chi connectivity index (χ0) is 26.3. The van der Waals surface area contributed by atoms with Crippen molar-refractivity contribution in [2.45, 2.75) is 56.5 Å². The fourth-order valence-corrected chi connectivity index (χ4v) is 5.67. The molecule has 1 aliphatic carbocycles. The lowest BCUT2D eigenvalue weighted by Gasteiger charge is -2.39. The summed E-state index contributed by atoms with van der Waals surface area (Å²) in [6.45, 7) is 0. The first-order valence-corrected chi connectivity index (χ1v) is 11.9. The molecule has 2 N–H and O–H groups in total. The number of aliphatic hydroxyl groups is 1. The number of nitrogens with zero attached hydrogens (tertiary/aromatic N) is 3. The molecule has 1 aliphatic heterocycles. The van der Waals surface area contributed by atoms with Gasteiger partial charge in [0.25, 0.3) is 5.91 Å². The molecular weight excluding hydrogens is 496 g/mol. The van der Waals surface area contributed by atoms with E-state index in [9.17, 15) is 27.5 Å². The Balaban J connectivity index is 1.86. The normalized spacial score (nSPS) is 19.8. The van der Waals surface area contributed by atoms with Crippen LogP contribution in [0.4, 0.5) is 28.9 Å². The van der Waals surface area contributed by atoms with Gasteiger partial charge in [-0.05, 0) is 61.5 Å². The van der Waals surface area contributed by atoms with Gasteiger partial charge in [0.15, 0.2) is 11.3 Å². The molecule has 11 heteroatoms. The molecule has 0 aromatic heterocycles. The van der Waals surface area contributed by atoms with Crippen LogP contribution in [0.15, 0.2) is 36.4 Å². The van der Waals surface area contributed by atoms with Crippen LogP contribution >= 0.6 is 12.2 Å². The third-order valence-electron chi connectivity index (χ3n) is 6.93. The number of halogens is 4. The molecule has 1 atom stereocenters. The first-order chi connectivity index (χ1) is 17.0. The lowest BCUT2D eigenvalue weighted by atomic mass is 9.86. The van der Waals surface area contributed by atoms with Gasteiger partial charge in [0.2, 0.25) is 0 Å². The van der Waals surface area contributed by atoms with Crippen LogP contribution in [-0.4, -0.2) is 34.9 Å². The number of rotatable bonds is 3. The molecule has 4 rings (SSSR count). The molecule has 1 spiro atoms. The molecule has 6 nitrogen and oxygen atoms in total. The molecule has 2 aromatic carbocycles. The molecule has 190 valence electrons. The number of nitrogens with one attached hydrogen (secondary N) is 1.